The number of aromatic nitrogens is 4. The van der Waals surface area contributed by atoms with Gasteiger partial charge in [0.1, 0.15) is 25.0 Å². The molecule has 13 heteroatoms. The molecule has 0 saturated heterocycles. The average molecular weight is 379 g/mol. The van der Waals surface area contributed by atoms with Gasteiger partial charge in [-0.15, -0.1) is 0 Å². The van der Waals surface area contributed by atoms with Crippen LogP contribution in [-0.4, -0.2) is 60.5 Å². The highest BCUT2D eigenvalue weighted by Gasteiger charge is 2.17. The Bertz CT molecular complexity index is 858. The van der Waals surface area contributed by atoms with E-state index in [4.69, 9.17) is 5.11 Å². The van der Waals surface area contributed by atoms with Gasteiger partial charge in [-0.1, -0.05) is 0 Å². The van der Waals surface area contributed by atoms with Gasteiger partial charge in [0.15, 0.2) is 0 Å². The Morgan fingerprint density at radius 2 is 1.93 bits per heavy atom. The molecule has 3 N–H and O–H groups in total. The molecular formula is C14H17N7O6. The van der Waals surface area contributed by atoms with Gasteiger partial charge in [0, 0.05) is 19.3 Å². The van der Waals surface area contributed by atoms with Gasteiger partial charge in [0.05, 0.1) is 16.7 Å². The Labute approximate surface area is 152 Å². The van der Waals surface area contributed by atoms with Crippen LogP contribution >= 0.6 is 0 Å². The number of aromatic carboxylic acids is 1. The second-order valence-corrected chi connectivity index (χ2v) is 5.48. The number of nitrogens with zero attached hydrogens (tertiary/aromatic N) is 5. The van der Waals surface area contributed by atoms with E-state index in [9.17, 15) is 24.5 Å². The van der Waals surface area contributed by atoms with Crippen LogP contribution < -0.4 is 10.6 Å². The van der Waals surface area contributed by atoms with Crippen LogP contribution in [0, 0.1) is 10.1 Å². The summed E-state index contributed by atoms with van der Waals surface area (Å²) in [5.41, 5.74) is -0.241. The number of carbonyl (C=O) groups is 3. The van der Waals surface area contributed by atoms with Gasteiger partial charge in [-0.2, -0.15) is 10.2 Å². The molecule has 1 atom stereocenters. The Hall–Kier alpha value is -3.77. The van der Waals surface area contributed by atoms with Gasteiger partial charge in [0.2, 0.25) is 11.8 Å². The maximum atomic E-state index is 12.0. The maximum absolute atomic E-state index is 12.0. The van der Waals surface area contributed by atoms with Crippen molar-refractivity contribution >= 4 is 23.5 Å². The molecule has 0 radical (unpaired) electrons. The molecule has 0 fully saturated rings. The van der Waals surface area contributed by atoms with Crippen molar-refractivity contribution < 1.29 is 24.4 Å². The van der Waals surface area contributed by atoms with E-state index < -0.39 is 28.7 Å². The molecule has 2 rings (SSSR count). The zero-order chi connectivity index (χ0) is 20.0. The molecule has 2 heterocycles. The number of nitrogens with one attached hydrogen (secondary N) is 2. The van der Waals surface area contributed by atoms with Gasteiger partial charge < -0.3 is 15.7 Å². The van der Waals surface area contributed by atoms with E-state index in [2.05, 4.69) is 20.8 Å². The first kappa shape index (κ1) is 19.6. The largest absolute Gasteiger partial charge is 0.478 e. The van der Waals surface area contributed by atoms with E-state index in [1.54, 1.807) is 6.92 Å². The zero-order valence-electron chi connectivity index (χ0n) is 14.2. The summed E-state index contributed by atoms with van der Waals surface area (Å²) in [6, 6.07) is -0.724. The summed E-state index contributed by atoms with van der Waals surface area (Å²) in [7, 11) is 0. The number of hydrogen-bond donors (Lipinski definition) is 3. The maximum Gasteiger partial charge on any atom is 0.338 e. The number of carbonyl (C=O) groups excluding carboxylic acids is 2. The summed E-state index contributed by atoms with van der Waals surface area (Å²) < 4.78 is 2.36. The average Bonchev–Trinajstić information content (AvgIpc) is 3.27. The lowest BCUT2D eigenvalue weighted by atomic mass is 10.3. The van der Waals surface area contributed by atoms with E-state index >= 15 is 0 Å². The van der Waals surface area contributed by atoms with Gasteiger partial charge >= 0.3 is 11.7 Å². The lowest BCUT2D eigenvalue weighted by molar-refractivity contribution is -0.385. The SMILES string of the molecule is CC(C(=O)NCCNC(=O)Cn1cc([N+](=O)[O-])cn1)n1cc(C(=O)O)cn1. The summed E-state index contributed by atoms with van der Waals surface area (Å²) in [5, 5.41) is 32.0. The van der Waals surface area contributed by atoms with E-state index in [0.29, 0.717) is 0 Å². The summed E-state index contributed by atoms with van der Waals surface area (Å²) in [6.07, 6.45) is 4.57. The van der Waals surface area contributed by atoms with Crippen molar-refractivity contribution in [1.82, 2.24) is 30.2 Å². The molecule has 0 aromatic carbocycles. The molecule has 0 saturated carbocycles. The van der Waals surface area contributed by atoms with Gasteiger partial charge in [-0.05, 0) is 6.92 Å². The molecule has 1 unspecified atom stereocenters. The number of carboxylic acids is 1. The van der Waals surface area contributed by atoms with Crippen molar-refractivity contribution in [1.29, 1.82) is 0 Å². The molecule has 0 bridgehead atoms. The van der Waals surface area contributed by atoms with Crippen LogP contribution in [0.4, 0.5) is 5.69 Å². The first-order valence-electron chi connectivity index (χ1n) is 7.76. The first-order valence-corrected chi connectivity index (χ1v) is 7.76. The summed E-state index contributed by atoms with van der Waals surface area (Å²) in [4.78, 5) is 44.5. The Morgan fingerprint density at radius 1 is 1.22 bits per heavy atom. The highest BCUT2D eigenvalue weighted by atomic mass is 16.6. The fourth-order valence-electron chi connectivity index (χ4n) is 2.05. The number of rotatable bonds is 9. The van der Waals surface area contributed by atoms with Crippen molar-refractivity contribution in [2.24, 2.45) is 0 Å². The molecule has 2 aromatic heterocycles. The van der Waals surface area contributed by atoms with Gasteiger partial charge in [-0.3, -0.25) is 29.1 Å². The van der Waals surface area contributed by atoms with Crippen LogP contribution in [0.1, 0.15) is 23.3 Å². The monoisotopic (exact) mass is 379 g/mol. The topological polar surface area (TPSA) is 174 Å². The normalized spacial score (nSPS) is 11.6. The van der Waals surface area contributed by atoms with Crippen LogP contribution in [-0.2, 0) is 16.1 Å². The first-order chi connectivity index (χ1) is 12.8. The quantitative estimate of drug-likeness (QED) is 0.288. The lowest BCUT2D eigenvalue weighted by Crippen LogP contribution is -2.38. The minimum absolute atomic E-state index is 0.0271. The predicted octanol–water partition coefficient (Wildman–Crippen LogP) is -0.820. The second-order valence-electron chi connectivity index (χ2n) is 5.48. The summed E-state index contributed by atoms with van der Waals surface area (Å²) in [5.74, 6) is -1.96. The molecule has 0 aliphatic rings. The van der Waals surface area contributed by atoms with Crippen molar-refractivity contribution in [2.75, 3.05) is 13.1 Å². The van der Waals surface area contributed by atoms with E-state index in [1.807, 2.05) is 0 Å². The van der Waals surface area contributed by atoms with Crippen molar-refractivity contribution in [2.45, 2.75) is 19.5 Å². The van der Waals surface area contributed by atoms with Crippen molar-refractivity contribution in [3.8, 4) is 0 Å². The Kier molecular flexibility index (Phi) is 6.19. The molecule has 13 nitrogen and oxygen atoms in total. The number of amides is 2. The van der Waals surface area contributed by atoms with Crippen LogP contribution in [0.2, 0.25) is 0 Å². The third-order valence-corrected chi connectivity index (χ3v) is 3.51. The summed E-state index contributed by atoms with van der Waals surface area (Å²) >= 11 is 0. The fourth-order valence-corrected chi connectivity index (χ4v) is 2.05. The number of nitro groups is 1. The van der Waals surface area contributed by atoms with E-state index in [0.717, 1.165) is 23.3 Å². The van der Waals surface area contributed by atoms with Crippen LogP contribution in [0.15, 0.2) is 24.8 Å². The molecule has 144 valence electrons. The smallest absolute Gasteiger partial charge is 0.338 e. The van der Waals surface area contributed by atoms with Gasteiger partial charge in [-0.25, -0.2) is 4.79 Å². The lowest BCUT2D eigenvalue weighted by Gasteiger charge is -2.13. The Balaban J connectivity index is 1.71. The molecule has 0 aliphatic heterocycles. The third-order valence-electron chi connectivity index (χ3n) is 3.51. The van der Waals surface area contributed by atoms with E-state index in [-0.39, 0.29) is 30.9 Å². The standard InChI is InChI=1S/C14H17N7O6/c1-9(20-6-10(4-18-20)14(24)25)13(23)16-3-2-15-12(22)8-19-7-11(5-17-19)21(26)27/h4-7,9H,2-3,8H2,1H3,(H,15,22)(H,16,23)(H,24,25). The molecule has 2 amide bonds. The highest BCUT2D eigenvalue weighted by molar-refractivity contribution is 5.87. The zero-order valence-corrected chi connectivity index (χ0v) is 14.2. The van der Waals surface area contributed by atoms with Gasteiger partial charge in [0.25, 0.3) is 0 Å². The predicted molar refractivity (Wildman–Crippen MR) is 88.8 cm³/mol. The van der Waals surface area contributed by atoms with Crippen LogP contribution in [0.3, 0.4) is 0 Å². The third kappa shape index (κ3) is 5.35. The molecule has 2 aromatic rings. The minimum atomic E-state index is -1.14. The molecular weight excluding hydrogens is 362 g/mol. The molecule has 0 aliphatic carbocycles. The molecule has 0 spiro atoms. The summed E-state index contributed by atoms with van der Waals surface area (Å²) in [6.45, 7) is 1.64. The second kappa shape index (κ2) is 8.55. The Morgan fingerprint density at radius 3 is 2.52 bits per heavy atom. The van der Waals surface area contributed by atoms with E-state index in [1.165, 1.54) is 10.9 Å². The number of carboxylic acid groups (broad SMARTS) is 1. The minimum Gasteiger partial charge on any atom is -0.478 e. The molecule has 27 heavy (non-hydrogen) atoms. The van der Waals surface area contributed by atoms with Crippen molar-refractivity contribution in [3.63, 3.8) is 0 Å². The van der Waals surface area contributed by atoms with Crippen LogP contribution in [0.5, 0.6) is 0 Å². The van der Waals surface area contributed by atoms with Crippen LogP contribution in [0.25, 0.3) is 0 Å². The highest BCUT2D eigenvalue weighted by Crippen LogP contribution is 2.07. The number of hydrogen-bond acceptors (Lipinski definition) is 7. The van der Waals surface area contributed by atoms with Crippen molar-refractivity contribution in [3.05, 3.63) is 40.5 Å². The fraction of sp³-hybridized carbons (Fsp3) is 0.357.